The van der Waals surface area contributed by atoms with E-state index < -0.39 is 0 Å². The molecule has 3 rings (SSSR count). The molecule has 0 bridgehead atoms. The number of aromatic nitrogens is 2. The number of nitrogens with zero attached hydrogens (tertiary/aromatic N) is 2. The Morgan fingerprint density at radius 2 is 1.60 bits per heavy atom. The summed E-state index contributed by atoms with van der Waals surface area (Å²) in [5.74, 6) is 1.40. The molecule has 0 aliphatic carbocycles. The van der Waals surface area contributed by atoms with Crippen LogP contribution in [0.15, 0.2) is 78.0 Å². The molecule has 0 radical (unpaired) electrons. The number of carbonyl (C=O) groups is 1. The molecule has 0 spiro atoms. The molecule has 1 aromatic heterocycles. The molecule has 0 saturated carbocycles. The van der Waals surface area contributed by atoms with E-state index in [1.165, 1.54) is 18.1 Å². The van der Waals surface area contributed by atoms with Crippen LogP contribution in [0.2, 0.25) is 0 Å². The van der Waals surface area contributed by atoms with Gasteiger partial charge in [0.1, 0.15) is 18.0 Å². The molecular formula is C19H18N4OS. The van der Waals surface area contributed by atoms with Crippen molar-refractivity contribution in [3.05, 3.63) is 78.6 Å². The molecule has 0 atom stereocenters. The second-order valence-corrected chi connectivity index (χ2v) is 6.33. The van der Waals surface area contributed by atoms with E-state index in [-0.39, 0.29) is 5.91 Å². The van der Waals surface area contributed by atoms with E-state index in [9.17, 15) is 4.79 Å². The quantitative estimate of drug-likeness (QED) is 0.634. The second-order valence-electron chi connectivity index (χ2n) is 5.28. The third kappa shape index (κ3) is 5.61. The van der Waals surface area contributed by atoms with E-state index >= 15 is 0 Å². The van der Waals surface area contributed by atoms with Gasteiger partial charge in [-0.25, -0.2) is 9.97 Å². The van der Waals surface area contributed by atoms with E-state index in [2.05, 4.69) is 20.6 Å². The highest BCUT2D eigenvalue weighted by Gasteiger charge is 2.06. The minimum atomic E-state index is -0.0958. The van der Waals surface area contributed by atoms with Crippen molar-refractivity contribution in [3.63, 3.8) is 0 Å². The Balaban J connectivity index is 1.51. The lowest BCUT2D eigenvalue weighted by molar-refractivity contribution is -0.113. The molecule has 0 aliphatic rings. The molecule has 0 saturated heterocycles. The lowest BCUT2D eigenvalue weighted by Gasteiger charge is -2.08. The fourth-order valence-corrected chi connectivity index (χ4v) is 2.87. The largest absolute Gasteiger partial charge is 0.366 e. The Hall–Kier alpha value is -2.86. The maximum atomic E-state index is 12.1. The summed E-state index contributed by atoms with van der Waals surface area (Å²) >= 11 is 1.49. The SMILES string of the molecule is O=C(CSc1ccccc1)Nc1cc(NCc2ccccc2)ncn1. The predicted molar refractivity (Wildman–Crippen MR) is 102 cm³/mol. The van der Waals surface area contributed by atoms with Gasteiger partial charge < -0.3 is 10.6 Å². The van der Waals surface area contributed by atoms with E-state index in [1.54, 1.807) is 6.07 Å². The van der Waals surface area contributed by atoms with Gasteiger partial charge in [-0.05, 0) is 17.7 Å². The zero-order chi connectivity index (χ0) is 17.3. The molecule has 2 N–H and O–H groups in total. The third-order valence-electron chi connectivity index (χ3n) is 3.36. The molecule has 1 amide bonds. The highest BCUT2D eigenvalue weighted by atomic mass is 32.2. The summed E-state index contributed by atoms with van der Waals surface area (Å²) in [4.78, 5) is 21.4. The van der Waals surface area contributed by atoms with Crippen LogP contribution in [0.5, 0.6) is 0 Å². The zero-order valence-electron chi connectivity index (χ0n) is 13.6. The Kier molecular flexibility index (Phi) is 6.01. The van der Waals surface area contributed by atoms with Crippen LogP contribution in [0.3, 0.4) is 0 Å². The lowest BCUT2D eigenvalue weighted by Crippen LogP contribution is -2.15. The number of hydrogen-bond acceptors (Lipinski definition) is 5. The summed E-state index contributed by atoms with van der Waals surface area (Å²) in [5, 5.41) is 6.02. The van der Waals surface area contributed by atoms with Gasteiger partial charge in [-0.1, -0.05) is 48.5 Å². The summed E-state index contributed by atoms with van der Waals surface area (Å²) in [7, 11) is 0. The van der Waals surface area contributed by atoms with Gasteiger partial charge in [0, 0.05) is 17.5 Å². The van der Waals surface area contributed by atoms with Gasteiger partial charge in [0.15, 0.2) is 0 Å². The first-order valence-electron chi connectivity index (χ1n) is 7.87. The summed E-state index contributed by atoms with van der Waals surface area (Å²) in [6.45, 7) is 0.662. The third-order valence-corrected chi connectivity index (χ3v) is 4.38. The van der Waals surface area contributed by atoms with Crippen molar-refractivity contribution < 1.29 is 4.79 Å². The van der Waals surface area contributed by atoms with Crippen molar-refractivity contribution in [2.75, 3.05) is 16.4 Å². The fourth-order valence-electron chi connectivity index (χ4n) is 2.16. The van der Waals surface area contributed by atoms with Crippen molar-refractivity contribution in [3.8, 4) is 0 Å². The van der Waals surface area contributed by atoms with Gasteiger partial charge in [-0.2, -0.15) is 0 Å². The van der Waals surface area contributed by atoms with E-state index in [0.29, 0.717) is 23.9 Å². The number of nitrogens with one attached hydrogen (secondary N) is 2. The first-order chi connectivity index (χ1) is 12.3. The topological polar surface area (TPSA) is 66.9 Å². The highest BCUT2D eigenvalue weighted by molar-refractivity contribution is 8.00. The minimum absolute atomic E-state index is 0.0958. The molecule has 0 fully saturated rings. The lowest BCUT2D eigenvalue weighted by atomic mass is 10.2. The monoisotopic (exact) mass is 350 g/mol. The Labute approximate surface area is 150 Å². The number of benzene rings is 2. The first kappa shape index (κ1) is 17.0. The van der Waals surface area contributed by atoms with Crippen molar-refractivity contribution in [1.29, 1.82) is 0 Å². The van der Waals surface area contributed by atoms with E-state index in [4.69, 9.17) is 0 Å². The van der Waals surface area contributed by atoms with E-state index in [0.717, 1.165) is 10.5 Å². The Morgan fingerprint density at radius 3 is 2.36 bits per heavy atom. The van der Waals surface area contributed by atoms with Crippen LogP contribution in [-0.4, -0.2) is 21.6 Å². The number of rotatable bonds is 7. The summed E-state index contributed by atoms with van der Waals surface area (Å²) < 4.78 is 0. The molecule has 25 heavy (non-hydrogen) atoms. The minimum Gasteiger partial charge on any atom is -0.366 e. The average molecular weight is 350 g/mol. The van der Waals surface area contributed by atoms with Gasteiger partial charge in [0.25, 0.3) is 0 Å². The van der Waals surface area contributed by atoms with Crippen LogP contribution < -0.4 is 10.6 Å². The van der Waals surface area contributed by atoms with Gasteiger partial charge in [-0.15, -0.1) is 11.8 Å². The molecule has 3 aromatic rings. The molecule has 2 aromatic carbocycles. The number of carbonyl (C=O) groups excluding carboxylic acids is 1. The van der Waals surface area contributed by atoms with Crippen LogP contribution in [-0.2, 0) is 11.3 Å². The van der Waals surface area contributed by atoms with Crippen molar-refractivity contribution in [2.45, 2.75) is 11.4 Å². The molecule has 0 aliphatic heterocycles. The van der Waals surface area contributed by atoms with Crippen LogP contribution in [0.4, 0.5) is 11.6 Å². The molecular weight excluding hydrogens is 332 g/mol. The van der Waals surface area contributed by atoms with Gasteiger partial charge >= 0.3 is 0 Å². The Bertz CT molecular complexity index is 812. The molecule has 5 nitrogen and oxygen atoms in total. The first-order valence-corrected chi connectivity index (χ1v) is 8.86. The average Bonchev–Trinajstić information content (AvgIpc) is 2.67. The zero-order valence-corrected chi connectivity index (χ0v) is 14.4. The maximum Gasteiger partial charge on any atom is 0.235 e. The van der Waals surface area contributed by atoms with E-state index in [1.807, 2.05) is 60.7 Å². The molecule has 1 heterocycles. The standard InChI is InChI=1S/C19H18N4OS/c24-19(13-25-16-9-5-2-6-10-16)23-18-11-17(21-14-22-18)20-12-15-7-3-1-4-8-15/h1-11,14H,12-13H2,(H2,20,21,22,23,24). The fraction of sp³-hybridized carbons (Fsp3) is 0.105. The van der Waals surface area contributed by atoms with Gasteiger partial charge in [0.2, 0.25) is 5.91 Å². The van der Waals surface area contributed by atoms with Crippen molar-refractivity contribution in [2.24, 2.45) is 0 Å². The molecule has 0 unspecified atom stereocenters. The van der Waals surface area contributed by atoms with Gasteiger partial charge in [0.05, 0.1) is 5.75 Å². The molecule has 126 valence electrons. The predicted octanol–water partition coefficient (Wildman–Crippen LogP) is 3.82. The number of hydrogen-bond donors (Lipinski definition) is 2. The molecule has 6 heteroatoms. The van der Waals surface area contributed by atoms with Crippen LogP contribution in [0.1, 0.15) is 5.56 Å². The summed E-state index contributed by atoms with van der Waals surface area (Å²) in [6.07, 6.45) is 1.44. The van der Waals surface area contributed by atoms with Gasteiger partial charge in [-0.3, -0.25) is 4.79 Å². The number of anilines is 2. The summed E-state index contributed by atoms with van der Waals surface area (Å²) in [6, 6.07) is 21.6. The smallest absolute Gasteiger partial charge is 0.235 e. The van der Waals surface area contributed by atoms with Crippen LogP contribution >= 0.6 is 11.8 Å². The van der Waals surface area contributed by atoms with Crippen molar-refractivity contribution >= 4 is 29.3 Å². The maximum absolute atomic E-state index is 12.1. The highest BCUT2D eigenvalue weighted by Crippen LogP contribution is 2.17. The van der Waals surface area contributed by atoms with Crippen LogP contribution in [0, 0.1) is 0 Å². The second kappa shape index (κ2) is 8.84. The summed E-state index contributed by atoms with van der Waals surface area (Å²) in [5.41, 5.74) is 1.16. The van der Waals surface area contributed by atoms with Crippen molar-refractivity contribution in [1.82, 2.24) is 9.97 Å². The van der Waals surface area contributed by atoms with Crippen LogP contribution in [0.25, 0.3) is 0 Å². The Morgan fingerprint density at radius 1 is 0.920 bits per heavy atom. The number of amides is 1. The number of thioether (sulfide) groups is 1. The normalized spacial score (nSPS) is 10.2.